The first-order valence-corrected chi connectivity index (χ1v) is 9.31. The maximum atomic E-state index is 13.4. The van der Waals surface area contributed by atoms with E-state index in [2.05, 4.69) is 9.88 Å². The van der Waals surface area contributed by atoms with Crippen LogP contribution >= 0.6 is 0 Å². The zero-order chi connectivity index (χ0) is 20.4. The highest BCUT2D eigenvalue weighted by molar-refractivity contribution is 5.90. The minimum atomic E-state index is -0.306. The molecule has 7 heteroatoms. The summed E-state index contributed by atoms with van der Waals surface area (Å²) in [6, 6.07) is 14.9. The molecule has 2 amide bonds. The molecule has 0 bridgehead atoms. The molecule has 0 radical (unpaired) electrons. The molecule has 1 aliphatic rings. The standard InChI is InChI=1S/C22H22FN3O3/c1-28-19-10-9-17(14-20(19)29-2)24-22(27)26-13-12-25-11-3-4-18(25)21(26)15-5-7-16(23)8-6-15/h3-11,14,21H,12-13H2,1-2H3,(H,24,27)/t21-/m0/s1. The third-order valence-corrected chi connectivity index (χ3v) is 5.12. The van der Waals surface area contributed by atoms with Crippen molar-refractivity contribution in [2.75, 3.05) is 26.1 Å². The molecule has 2 aromatic carbocycles. The summed E-state index contributed by atoms with van der Waals surface area (Å²) in [4.78, 5) is 14.9. The summed E-state index contributed by atoms with van der Waals surface area (Å²) >= 11 is 0. The van der Waals surface area contributed by atoms with Crippen molar-refractivity contribution in [1.29, 1.82) is 0 Å². The normalized spacial score (nSPS) is 15.6. The number of rotatable bonds is 4. The molecule has 1 aliphatic heterocycles. The van der Waals surface area contributed by atoms with Crippen molar-refractivity contribution < 1.29 is 18.7 Å². The molecule has 0 saturated carbocycles. The second kappa shape index (κ2) is 7.87. The molecule has 0 unspecified atom stereocenters. The number of fused-ring (bicyclic) bond motifs is 1. The molecule has 2 heterocycles. The molecular formula is C22H22FN3O3. The Bertz CT molecular complexity index is 1020. The van der Waals surface area contributed by atoms with Crippen LogP contribution in [0.15, 0.2) is 60.8 Å². The average Bonchev–Trinajstić information content (AvgIpc) is 3.22. The molecule has 0 spiro atoms. The highest BCUT2D eigenvalue weighted by Crippen LogP contribution is 2.34. The summed E-state index contributed by atoms with van der Waals surface area (Å²) in [7, 11) is 3.11. The molecule has 1 atom stereocenters. The number of benzene rings is 2. The number of urea groups is 1. The van der Waals surface area contributed by atoms with Crippen molar-refractivity contribution in [2.24, 2.45) is 0 Å². The summed E-state index contributed by atoms with van der Waals surface area (Å²) in [5.41, 5.74) is 2.45. The number of nitrogens with one attached hydrogen (secondary N) is 1. The van der Waals surface area contributed by atoms with Gasteiger partial charge in [-0.2, -0.15) is 0 Å². The van der Waals surface area contributed by atoms with Crippen LogP contribution in [0.4, 0.5) is 14.9 Å². The van der Waals surface area contributed by atoms with Gasteiger partial charge in [-0.3, -0.25) is 0 Å². The minimum Gasteiger partial charge on any atom is -0.493 e. The van der Waals surface area contributed by atoms with Crippen LogP contribution in [0.25, 0.3) is 0 Å². The first-order chi connectivity index (χ1) is 14.1. The molecule has 0 saturated heterocycles. The second-order valence-corrected chi connectivity index (χ2v) is 6.77. The summed E-state index contributed by atoms with van der Waals surface area (Å²) < 4.78 is 26.1. The lowest BCUT2D eigenvalue weighted by molar-refractivity contribution is 0.182. The molecule has 3 aromatic rings. The van der Waals surface area contributed by atoms with E-state index < -0.39 is 0 Å². The van der Waals surface area contributed by atoms with Crippen LogP contribution in [0.1, 0.15) is 17.3 Å². The summed E-state index contributed by atoms with van der Waals surface area (Å²) in [5, 5.41) is 2.94. The second-order valence-electron chi connectivity index (χ2n) is 6.77. The van der Waals surface area contributed by atoms with E-state index in [1.54, 1.807) is 49.5 Å². The Morgan fingerprint density at radius 2 is 1.79 bits per heavy atom. The van der Waals surface area contributed by atoms with Gasteiger partial charge < -0.3 is 24.3 Å². The van der Waals surface area contributed by atoms with E-state index in [0.717, 1.165) is 11.3 Å². The van der Waals surface area contributed by atoms with Crippen LogP contribution in [0.2, 0.25) is 0 Å². The molecule has 0 fully saturated rings. The maximum Gasteiger partial charge on any atom is 0.322 e. The topological polar surface area (TPSA) is 55.7 Å². The first-order valence-electron chi connectivity index (χ1n) is 9.31. The number of carbonyl (C=O) groups is 1. The van der Waals surface area contributed by atoms with Crippen molar-refractivity contribution >= 4 is 11.7 Å². The zero-order valence-electron chi connectivity index (χ0n) is 16.3. The lowest BCUT2D eigenvalue weighted by Gasteiger charge is -2.37. The number of amides is 2. The molecule has 150 valence electrons. The molecule has 1 aromatic heterocycles. The van der Waals surface area contributed by atoms with Crippen LogP contribution in [-0.2, 0) is 6.54 Å². The van der Waals surface area contributed by atoms with E-state index >= 15 is 0 Å². The van der Waals surface area contributed by atoms with E-state index in [0.29, 0.717) is 30.3 Å². The molecule has 4 rings (SSSR count). The van der Waals surface area contributed by atoms with Gasteiger partial charge in [0.1, 0.15) is 5.82 Å². The predicted octanol–water partition coefficient (Wildman–Crippen LogP) is 4.28. The van der Waals surface area contributed by atoms with Crippen molar-refractivity contribution in [3.8, 4) is 11.5 Å². The van der Waals surface area contributed by atoms with Gasteiger partial charge in [0.15, 0.2) is 11.5 Å². The predicted molar refractivity (Wildman–Crippen MR) is 108 cm³/mol. The van der Waals surface area contributed by atoms with Crippen molar-refractivity contribution in [1.82, 2.24) is 9.47 Å². The Balaban J connectivity index is 1.64. The van der Waals surface area contributed by atoms with Gasteiger partial charge in [0.2, 0.25) is 0 Å². The van der Waals surface area contributed by atoms with Crippen molar-refractivity contribution in [3.63, 3.8) is 0 Å². The number of methoxy groups -OCH3 is 2. The van der Waals surface area contributed by atoms with Gasteiger partial charge >= 0.3 is 6.03 Å². The van der Waals surface area contributed by atoms with E-state index in [1.165, 1.54) is 12.1 Å². The number of aromatic nitrogens is 1. The Labute approximate surface area is 168 Å². The van der Waals surface area contributed by atoms with E-state index in [1.807, 2.05) is 18.3 Å². The number of ether oxygens (including phenoxy) is 2. The lowest BCUT2D eigenvalue weighted by Crippen LogP contribution is -2.44. The maximum absolute atomic E-state index is 13.4. The average molecular weight is 395 g/mol. The van der Waals surface area contributed by atoms with Gasteiger partial charge in [-0.1, -0.05) is 12.1 Å². The van der Waals surface area contributed by atoms with E-state index in [4.69, 9.17) is 9.47 Å². The number of carbonyl (C=O) groups excluding carboxylic acids is 1. The van der Waals surface area contributed by atoms with Crippen molar-refractivity contribution in [2.45, 2.75) is 12.6 Å². The number of hydrogen-bond donors (Lipinski definition) is 1. The van der Waals surface area contributed by atoms with Gasteiger partial charge in [0, 0.05) is 36.7 Å². The summed E-state index contributed by atoms with van der Waals surface area (Å²) in [6.45, 7) is 1.22. The number of anilines is 1. The quantitative estimate of drug-likeness (QED) is 0.717. The van der Waals surface area contributed by atoms with Crippen LogP contribution in [0.5, 0.6) is 11.5 Å². The Hall–Kier alpha value is -3.48. The number of halogens is 1. The highest BCUT2D eigenvalue weighted by Gasteiger charge is 2.32. The van der Waals surface area contributed by atoms with Crippen LogP contribution in [0, 0.1) is 5.82 Å². The zero-order valence-corrected chi connectivity index (χ0v) is 16.3. The fourth-order valence-corrected chi connectivity index (χ4v) is 3.71. The Morgan fingerprint density at radius 3 is 2.52 bits per heavy atom. The minimum absolute atomic E-state index is 0.237. The van der Waals surface area contributed by atoms with Crippen LogP contribution in [-0.4, -0.2) is 36.3 Å². The van der Waals surface area contributed by atoms with Crippen molar-refractivity contribution in [3.05, 3.63) is 77.9 Å². The smallest absolute Gasteiger partial charge is 0.322 e. The Kier molecular flexibility index (Phi) is 5.12. The van der Waals surface area contributed by atoms with E-state index in [-0.39, 0.29) is 17.9 Å². The van der Waals surface area contributed by atoms with Gasteiger partial charge in [-0.05, 0) is 42.0 Å². The van der Waals surface area contributed by atoms with Crippen LogP contribution < -0.4 is 14.8 Å². The SMILES string of the molecule is COc1ccc(NC(=O)N2CCn3cccc3[C@@H]2c2ccc(F)cc2)cc1OC. The van der Waals surface area contributed by atoms with E-state index in [9.17, 15) is 9.18 Å². The largest absolute Gasteiger partial charge is 0.493 e. The monoisotopic (exact) mass is 395 g/mol. The van der Waals surface area contributed by atoms with Gasteiger partial charge in [0.25, 0.3) is 0 Å². The molecular weight excluding hydrogens is 373 g/mol. The fraction of sp³-hybridized carbons (Fsp3) is 0.227. The molecule has 1 N–H and O–H groups in total. The Morgan fingerprint density at radius 1 is 1.03 bits per heavy atom. The number of hydrogen-bond acceptors (Lipinski definition) is 3. The first kappa shape index (κ1) is 18.9. The molecule has 0 aliphatic carbocycles. The number of nitrogens with zero attached hydrogens (tertiary/aromatic N) is 2. The lowest BCUT2D eigenvalue weighted by atomic mass is 10.0. The van der Waals surface area contributed by atoms with Gasteiger partial charge in [-0.25, -0.2) is 9.18 Å². The molecule has 6 nitrogen and oxygen atoms in total. The van der Waals surface area contributed by atoms with Gasteiger partial charge in [0.05, 0.1) is 20.3 Å². The highest BCUT2D eigenvalue weighted by atomic mass is 19.1. The third kappa shape index (κ3) is 3.63. The summed E-state index contributed by atoms with van der Waals surface area (Å²) in [6.07, 6.45) is 2.00. The van der Waals surface area contributed by atoms with Gasteiger partial charge in [-0.15, -0.1) is 0 Å². The van der Waals surface area contributed by atoms with Crippen LogP contribution in [0.3, 0.4) is 0 Å². The fourth-order valence-electron chi connectivity index (χ4n) is 3.71. The summed E-state index contributed by atoms with van der Waals surface area (Å²) in [5.74, 6) is 0.819. The third-order valence-electron chi connectivity index (χ3n) is 5.12. The molecule has 29 heavy (non-hydrogen) atoms.